The van der Waals surface area contributed by atoms with Gasteiger partial charge in [0.1, 0.15) is 5.82 Å². The molecule has 8 heteroatoms. The number of nitrogens with zero attached hydrogens (tertiary/aromatic N) is 3. The predicted molar refractivity (Wildman–Crippen MR) is 74.6 cm³/mol. The number of nitrogens with two attached hydrogens (primary N) is 1. The first-order valence-corrected chi connectivity index (χ1v) is 7.35. The van der Waals surface area contributed by atoms with Gasteiger partial charge in [-0.25, -0.2) is 0 Å². The Morgan fingerprint density at radius 1 is 1.29 bits per heavy atom. The average Bonchev–Trinajstić information content (AvgIpc) is 2.86. The highest BCUT2D eigenvalue weighted by molar-refractivity contribution is 7.98. The van der Waals surface area contributed by atoms with Crippen LogP contribution in [0.4, 0.5) is 13.2 Å². The topological polar surface area (TPSA) is 56.7 Å². The summed E-state index contributed by atoms with van der Waals surface area (Å²) in [6.07, 6.45) is -4.32. The SMILES string of the molecule is CCn1c(CN)nnc1SCc1cccc(C(F)(F)F)c1. The van der Waals surface area contributed by atoms with Crippen molar-refractivity contribution in [1.29, 1.82) is 0 Å². The summed E-state index contributed by atoms with van der Waals surface area (Å²) in [5, 5.41) is 8.64. The fourth-order valence-corrected chi connectivity index (χ4v) is 2.84. The van der Waals surface area contributed by atoms with Crippen LogP contribution in [0.5, 0.6) is 0 Å². The molecule has 0 saturated heterocycles. The molecule has 0 saturated carbocycles. The van der Waals surface area contributed by atoms with Gasteiger partial charge in [-0.1, -0.05) is 30.0 Å². The fraction of sp³-hybridized carbons (Fsp3) is 0.385. The minimum atomic E-state index is -4.32. The molecule has 1 aromatic carbocycles. The van der Waals surface area contributed by atoms with E-state index in [0.717, 1.165) is 12.1 Å². The van der Waals surface area contributed by atoms with Crippen molar-refractivity contribution in [2.45, 2.75) is 37.1 Å². The molecular weight excluding hydrogens is 301 g/mol. The van der Waals surface area contributed by atoms with E-state index >= 15 is 0 Å². The second kappa shape index (κ2) is 6.48. The summed E-state index contributed by atoms with van der Waals surface area (Å²) in [6, 6.07) is 5.30. The molecule has 4 nitrogen and oxygen atoms in total. The lowest BCUT2D eigenvalue weighted by Crippen LogP contribution is -2.08. The van der Waals surface area contributed by atoms with Crippen molar-refractivity contribution in [3.8, 4) is 0 Å². The Balaban J connectivity index is 2.12. The predicted octanol–water partition coefficient (Wildman–Crippen LogP) is 3.07. The van der Waals surface area contributed by atoms with Crippen LogP contribution in [-0.4, -0.2) is 14.8 Å². The van der Waals surface area contributed by atoms with Gasteiger partial charge in [-0.05, 0) is 18.6 Å². The molecule has 2 aromatic rings. The quantitative estimate of drug-likeness (QED) is 0.861. The molecule has 0 spiro atoms. The van der Waals surface area contributed by atoms with Crippen LogP contribution in [0.3, 0.4) is 0 Å². The molecule has 1 aromatic heterocycles. The van der Waals surface area contributed by atoms with Crippen molar-refractivity contribution in [2.24, 2.45) is 5.73 Å². The van der Waals surface area contributed by atoms with Crippen LogP contribution in [0.2, 0.25) is 0 Å². The zero-order valence-electron chi connectivity index (χ0n) is 11.4. The Hall–Kier alpha value is -1.54. The smallest absolute Gasteiger partial charge is 0.324 e. The number of rotatable bonds is 5. The van der Waals surface area contributed by atoms with Gasteiger partial charge in [0, 0.05) is 12.3 Å². The molecule has 0 unspecified atom stereocenters. The van der Waals surface area contributed by atoms with Gasteiger partial charge in [0.05, 0.1) is 12.1 Å². The maximum absolute atomic E-state index is 12.7. The van der Waals surface area contributed by atoms with Gasteiger partial charge in [0.25, 0.3) is 0 Å². The number of benzene rings is 1. The summed E-state index contributed by atoms with van der Waals surface area (Å²) in [4.78, 5) is 0. The summed E-state index contributed by atoms with van der Waals surface area (Å²) < 4.78 is 39.8. The highest BCUT2D eigenvalue weighted by Gasteiger charge is 2.30. The third-order valence-electron chi connectivity index (χ3n) is 2.91. The summed E-state index contributed by atoms with van der Waals surface area (Å²) in [7, 11) is 0. The molecule has 0 aliphatic heterocycles. The van der Waals surface area contributed by atoms with E-state index in [1.54, 1.807) is 6.07 Å². The zero-order valence-corrected chi connectivity index (χ0v) is 12.2. The minimum Gasteiger partial charge on any atom is -0.324 e. The van der Waals surface area contributed by atoms with E-state index in [0.29, 0.717) is 28.8 Å². The molecule has 21 heavy (non-hydrogen) atoms. The molecule has 2 rings (SSSR count). The van der Waals surface area contributed by atoms with E-state index in [9.17, 15) is 13.2 Å². The van der Waals surface area contributed by atoms with E-state index < -0.39 is 11.7 Å². The summed E-state index contributed by atoms with van der Waals surface area (Å²) in [5.74, 6) is 1.07. The van der Waals surface area contributed by atoms with Gasteiger partial charge in [0.2, 0.25) is 0 Å². The molecule has 0 bridgehead atoms. The largest absolute Gasteiger partial charge is 0.416 e. The molecule has 0 radical (unpaired) electrons. The van der Waals surface area contributed by atoms with Crippen molar-refractivity contribution in [3.63, 3.8) is 0 Å². The Kier molecular flexibility index (Phi) is 4.89. The third kappa shape index (κ3) is 3.76. The van der Waals surface area contributed by atoms with Crippen LogP contribution in [0, 0.1) is 0 Å². The lowest BCUT2D eigenvalue weighted by molar-refractivity contribution is -0.137. The number of aromatic nitrogens is 3. The van der Waals surface area contributed by atoms with Crippen molar-refractivity contribution < 1.29 is 13.2 Å². The normalized spacial score (nSPS) is 11.9. The van der Waals surface area contributed by atoms with Crippen LogP contribution in [-0.2, 0) is 25.0 Å². The maximum atomic E-state index is 12.7. The first-order valence-electron chi connectivity index (χ1n) is 6.36. The van der Waals surface area contributed by atoms with E-state index in [2.05, 4.69) is 10.2 Å². The summed E-state index contributed by atoms with van der Waals surface area (Å²) in [5.41, 5.74) is 5.51. The monoisotopic (exact) mass is 316 g/mol. The molecule has 114 valence electrons. The van der Waals surface area contributed by atoms with Gasteiger partial charge in [-0.2, -0.15) is 13.2 Å². The minimum absolute atomic E-state index is 0.283. The third-order valence-corrected chi connectivity index (χ3v) is 3.95. The molecule has 0 aliphatic rings. The number of hydrogen-bond donors (Lipinski definition) is 1. The first kappa shape index (κ1) is 15.8. The lowest BCUT2D eigenvalue weighted by atomic mass is 10.1. The molecule has 0 amide bonds. The van der Waals surface area contributed by atoms with E-state index in [1.165, 1.54) is 17.8 Å². The molecule has 0 aliphatic carbocycles. The van der Waals surface area contributed by atoms with E-state index in [1.807, 2.05) is 11.5 Å². The van der Waals surface area contributed by atoms with Crippen molar-refractivity contribution in [2.75, 3.05) is 0 Å². The van der Waals surface area contributed by atoms with Gasteiger partial charge in [-0.3, -0.25) is 0 Å². The van der Waals surface area contributed by atoms with E-state index in [4.69, 9.17) is 5.73 Å². The second-order valence-corrected chi connectivity index (χ2v) is 5.28. The van der Waals surface area contributed by atoms with Gasteiger partial charge < -0.3 is 10.3 Å². The lowest BCUT2D eigenvalue weighted by Gasteiger charge is -2.09. The maximum Gasteiger partial charge on any atom is 0.416 e. The summed E-state index contributed by atoms with van der Waals surface area (Å²) >= 11 is 1.35. The first-order chi connectivity index (χ1) is 9.95. The van der Waals surface area contributed by atoms with Crippen molar-refractivity contribution >= 4 is 11.8 Å². The second-order valence-electron chi connectivity index (χ2n) is 4.33. The van der Waals surface area contributed by atoms with Crippen LogP contribution in [0.25, 0.3) is 0 Å². The number of halogens is 3. The molecular formula is C13H15F3N4S. The van der Waals surface area contributed by atoms with Gasteiger partial charge in [-0.15, -0.1) is 10.2 Å². The van der Waals surface area contributed by atoms with Crippen LogP contribution in [0.15, 0.2) is 29.4 Å². The van der Waals surface area contributed by atoms with E-state index in [-0.39, 0.29) is 6.54 Å². The number of thioether (sulfide) groups is 1. The Morgan fingerprint density at radius 2 is 2.05 bits per heavy atom. The Labute approximate surface area is 124 Å². The van der Waals surface area contributed by atoms with Crippen LogP contribution in [0.1, 0.15) is 23.9 Å². The van der Waals surface area contributed by atoms with Gasteiger partial charge >= 0.3 is 6.18 Å². The molecule has 2 N–H and O–H groups in total. The van der Waals surface area contributed by atoms with Crippen molar-refractivity contribution in [1.82, 2.24) is 14.8 Å². The Bertz CT molecular complexity index is 610. The number of alkyl halides is 3. The molecule has 1 heterocycles. The highest BCUT2D eigenvalue weighted by atomic mass is 32.2. The standard InChI is InChI=1S/C13H15F3N4S/c1-2-20-11(7-17)18-19-12(20)21-8-9-4-3-5-10(6-9)13(14,15)16/h3-6H,2,7-8,17H2,1H3. The fourth-order valence-electron chi connectivity index (χ4n) is 1.88. The summed E-state index contributed by atoms with van der Waals surface area (Å²) in [6.45, 7) is 2.90. The van der Waals surface area contributed by atoms with Crippen LogP contribution < -0.4 is 5.73 Å². The molecule has 0 atom stereocenters. The van der Waals surface area contributed by atoms with Crippen LogP contribution >= 0.6 is 11.8 Å². The molecule has 0 fully saturated rings. The highest BCUT2D eigenvalue weighted by Crippen LogP contribution is 2.31. The van der Waals surface area contributed by atoms with Crippen molar-refractivity contribution in [3.05, 3.63) is 41.2 Å². The average molecular weight is 316 g/mol. The Morgan fingerprint density at radius 3 is 2.67 bits per heavy atom. The zero-order chi connectivity index (χ0) is 15.5. The number of hydrogen-bond acceptors (Lipinski definition) is 4. The van der Waals surface area contributed by atoms with Gasteiger partial charge in [0.15, 0.2) is 5.16 Å².